The minimum atomic E-state index is -5.01. The molecule has 1 N–H and O–H groups in total. The number of phosphoric ester groups is 1. The summed E-state index contributed by atoms with van der Waals surface area (Å²) in [5.41, 5.74) is -1.73. The molecule has 1 aliphatic rings. The van der Waals surface area contributed by atoms with Gasteiger partial charge in [0.2, 0.25) is 7.59 Å². The molecule has 0 aliphatic carbocycles. The Kier molecular flexibility index (Phi) is 34.1. The normalized spacial score (nSPS) is 18.3. The van der Waals surface area contributed by atoms with E-state index in [0.717, 1.165) is 57.8 Å². The monoisotopic (exact) mass is 1300 g/mol. The summed E-state index contributed by atoms with van der Waals surface area (Å²) in [5, 5.41) is 2.63. The van der Waals surface area contributed by atoms with Crippen LogP contribution in [0.1, 0.15) is 163 Å². The van der Waals surface area contributed by atoms with Crippen molar-refractivity contribution in [2.24, 2.45) is 0 Å². The fraction of sp³-hybridized carbons (Fsp3) is 0.719. The van der Waals surface area contributed by atoms with Crippen molar-refractivity contribution in [3.05, 3.63) is 60.7 Å². The average molecular weight is 1300 g/mol. The summed E-state index contributed by atoms with van der Waals surface area (Å²) in [6.07, 6.45) is 8.68. The molecule has 0 saturated carbocycles. The highest BCUT2D eigenvalue weighted by molar-refractivity contribution is 7.49. The molecule has 2 aromatic carbocycles. The van der Waals surface area contributed by atoms with Crippen molar-refractivity contribution in [2.45, 2.75) is 238 Å². The van der Waals surface area contributed by atoms with Gasteiger partial charge in [0.1, 0.15) is 49.1 Å². The Hall–Kier alpha value is -2.41. The minimum absolute atomic E-state index is 0.0356. The zero-order valence-electron chi connectivity index (χ0n) is 48.3. The molecular weight excluding hydrogens is 1210 g/mol. The molecule has 1 heterocycles. The summed E-state index contributed by atoms with van der Waals surface area (Å²) in [5.74, 6) is -1.31. The smallest absolute Gasteiger partial charge is 0.462 e. The highest BCUT2D eigenvalue weighted by atomic mass is 35.6. The van der Waals surface area contributed by atoms with E-state index in [1.165, 1.54) is 83.1 Å². The lowest BCUT2D eigenvalue weighted by Crippen LogP contribution is -2.66. The number of para-hydroxylation sites is 2. The second-order valence-corrected chi connectivity index (χ2v) is 33.9. The van der Waals surface area contributed by atoms with Gasteiger partial charge in [-0.05, 0) is 63.4 Å². The van der Waals surface area contributed by atoms with Crippen LogP contribution in [0.25, 0.3) is 0 Å². The van der Waals surface area contributed by atoms with E-state index in [-0.39, 0.29) is 24.5 Å². The SMILES string of the molecule is CCCCCCCCCCCC(=O)O[C@H](CCCCCCCCCCC)CC(=O)O[C@H]1[C@H](OP(=O)(Oc2ccccc2)Oc2ccccc2)[C@@H](COC(=O)OC(C)(C)C(Cl)(Cl)Cl)OC(OCC[Si](C)(C)C)[C@@H]1NC(=O)OCC(Cl)(Cl)Cl. The number of carbonyl (C=O) groups excluding carboxylic acids is 4. The summed E-state index contributed by atoms with van der Waals surface area (Å²) >= 11 is 36.4. The molecule has 6 atom stereocenters. The molecule has 1 saturated heterocycles. The molecule has 3 rings (SSSR count). The van der Waals surface area contributed by atoms with Crippen LogP contribution in [0.2, 0.25) is 25.7 Å². The van der Waals surface area contributed by atoms with Gasteiger partial charge < -0.3 is 47.5 Å². The van der Waals surface area contributed by atoms with Gasteiger partial charge in [0.05, 0.1) is 6.42 Å². The topological polar surface area (TPSA) is 190 Å². The number of amides is 1. The number of carbonyl (C=O) groups is 4. The second-order valence-electron chi connectivity index (χ2n) is 22.0. The Labute approximate surface area is 512 Å². The quantitative estimate of drug-likeness (QED) is 0.0166. The van der Waals surface area contributed by atoms with Gasteiger partial charge in [0.25, 0.3) is 0 Å². The number of hydrogen-bond acceptors (Lipinski definition) is 15. The predicted octanol–water partition coefficient (Wildman–Crippen LogP) is 17.5. The molecular formula is C57H88Cl6NO15PSi. The summed E-state index contributed by atoms with van der Waals surface area (Å²) in [6, 6.07) is 14.9. The van der Waals surface area contributed by atoms with Crippen molar-refractivity contribution in [1.29, 1.82) is 0 Å². The van der Waals surface area contributed by atoms with E-state index in [0.29, 0.717) is 25.3 Å². The van der Waals surface area contributed by atoms with E-state index in [1.807, 2.05) is 0 Å². The van der Waals surface area contributed by atoms with Gasteiger partial charge in [-0.3, -0.25) is 14.1 Å². The molecule has 0 aromatic heterocycles. The van der Waals surface area contributed by atoms with Crippen molar-refractivity contribution >= 4 is 110 Å². The zero-order valence-corrected chi connectivity index (χ0v) is 54.7. The number of hydrogen-bond donors (Lipinski definition) is 1. The maximum Gasteiger partial charge on any atom is 0.588 e. The van der Waals surface area contributed by atoms with Crippen LogP contribution in [0.3, 0.4) is 0 Å². The average Bonchev–Trinajstić information content (AvgIpc) is 3.37. The molecule has 24 heteroatoms. The number of alkyl halides is 6. The van der Waals surface area contributed by atoms with E-state index >= 15 is 4.57 Å². The lowest BCUT2D eigenvalue weighted by atomic mass is 9.96. The number of benzene rings is 2. The lowest BCUT2D eigenvalue weighted by Gasteiger charge is -2.45. The Morgan fingerprint density at radius 1 is 0.679 bits per heavy atom. The Morgan fingerprint density at radius 2 is 1.19 bits per heavy atom. The molecule has 0 bridgehead atoms. The maximum absolute atomic E-state index is 15.4. The van der Waals surface area contributed by atoms with Crippen LogP contribution in [-0.4, -0.2) is 102 Å². The number of alkyl carbamates (subject to hydrolysis) is 1. The second kappa shape index (κ2) is 37.9. The van der Waals surface area contributed by atoms with Gasteiger partial charge >= 0.3 is 32.0 Å². The van der Waals surface area contributed by atoms with Gasteiger partial charge in [0, 0.05) is 21.1 Å². The van der Waals surface area contributed by atoms with Gasteiger partial charge in [-0.25, -0.2) is 14.2 Å². The van der Waals surface area contributed by atoms with E-state index < -0.39 is 110 Å². The summed E-state index contributed by atoms with van der Waals surface area (Å²) in [6.45, 7) is 11.9. The van der Waals surface area contributed by atoms with Gasteiger partial charge in [-0.15, -0.1) is 0 Å². The summed E-state index contributed by atoms with van der Waals surface area (Å²) in [4.78, 5) is 55.7. The first-order valence-corrected chi connectivity index (χ1v) is 36.0. The van der Waals surface area contributed by atoms with Crippen LogP contribution < -0.4 is 14.4 Å². The van der Waals surface area contributed by atoms with Crippen molar-refractivity contribution in [3.63, 3.8) is 0 Å². The van der Waals surface area contributed by atoms with Crippen molar-refractivity contribution in [3.8, 4) is 11.5 Å². The van der Waals surface area contributed by atoms with E-state index in [4.69, 9.17) is 116 Å². The number of nitrogens with one attached hydrogen (secondary N) is 1. The van der Waals surface area contributed by atoms with Crippen molar-refractivity contribution in [1.82, 2.24) is 5.32 Å². The molecule has 462 valence electrons. The number of phosphoric acid groups is 1. The fourth-order valence-electron chi connectivity index (χ4n) is 8.38. The highest BCUT2D eigenvalue weighted by Gasteiger charge is 2.55. The van der Waals surface area contributed by atoms with Crippen LogP contribution in [0.5, 0.6) is 11.5 Å². The third-order valence-electron chi connectivity index (χ3n) is 13.1. The number of halogens is 6. The van der Waals surface area contributed by atoms with Gasteiger partial charge in [-0.2, -0.15) is 0 Å². The third-order valence-corrected chi connectivity index (χ3v) is 17.8. The first kappa shape index (κ1) is 72.8. The Morgan fingerprint density at radius 3 is 1.68 bits per heavy atom. The van der Waals surface area contributed by atoms with E-state index in [1.54, 1.807) is 36.4 Å². The standard InChI is InChI=1S/C57H88Cl6NO15PSi/c1-8-10-12-14-16-18-20-22-26-36-45(73-47(65)37-31-23-21-19-17-15-13-11-9-2)40-48(66)75-51-49(64-53(67)72-42-56(58,59)60)52(70-38-39-81(5,6)7)74-46(41-71-54(68)76-55(3,4)57(61,62)63)50(51)79-80(69,77-43-32-27-24-28-33-43)78-44-34-29-25-30-35-44/h24-25,27-30,32-35,45-46,49-52H,8-23,26,31,36-42H2,1-7H3,(H,64,67)/t45-,46-,49-,50-,51-,52?/m1/s1. The first-order valence-electron chi connectivity index (χ1n) is 28.6. The molecule has 16 nitrogen and oxygen atoms in total. The van der Waals surface area contributed by atoms with Crippen LogP contribution >= 0.6 is 77.4 Å². The van der Waals surface area contributed by atoms with E-state index in [2.05, 4.69) is 38.8 Å². The van der Waals surface area contributed by atoms with Crippen LogP contribution in [0.15, 0.2) is 60.7 Å². The van der Waals surface area contributed by atoms with Crippen molar-refractivity contribution < 1.29 is 70.5 Å². The Bertz CT molecular complexity index is 2110. The maximum atomic E-state index is 15.4. The molecule has 1 aliphatic heterocycles. The molecule has 1 fully saturated rings. The van der Waals surface area contributed by atoms with Crippen LogP contribution in [0, 0.1) is 0 Å². The number of esters is 2. The van der Waals surface area contributed by atoms with E-state index in [9.17, 15) is 19.2 Å². The predicted molar refractivity (Wildman–Crippen MR) is 323 cm³/mol. The van der Waals surface area contributed by atoms with Crippen molar-refractivity contribution in [2.75, 3.05) is 19.8 Å². The Balaban J connectivity index is 2.16. The summed E-state index contributed by atoms with van der Waals surface area (Å²) in [7, 11) is -6.84. The van der Waals surface area contributed by atoms with Crippen LogP contribution in [0.4, 0.5) is 9.59 Å². The highest BCUT2D eigenvalue weighted by Crippen LogP contribution is 2.53. The molecule has 0 spiro atoms. The first-order chi connectivity index (χ1) is 38.2. The number of rotatable bonds is 39. The minimum Gasteiger partial charge on any atom is -0.462 e. The molecule has 2 aromatic rings. The fourth-order valence-corrected chi connectivity index (χ4v) is 10.8. The lowest BCUT2D eigenvalue weighted by molar-refractivity contribution is -0.269. The molecule has 0 radical (unpaired) electrons. The zero-order chi connectivity index (χ0) is 60.0. The largest absolute Gasteiger partial charge is 0.588 e. The summed E-state index contributed by atoms with van der Waals surface area (Å²) < 4.78 is 71.5. The number of unbranched alkanes of at least 4 members (excludes halogenated alkanes) is 16. The van der Waals surface area contributed by atoms with Gasteiger partial charge in [-0.1, -0.05) is 242 Å². The van der Waals surface area contributed by atoms with Crippen LogP contribution in [-0.2, 0) is 51.8 Å². The molecule has 1 amide bonds. The number of ether oxygens (including phenoxy) is 7. The molecule has 81 heavy (non-hydrogen) atoms. The molecule has 1 unspecified atom stereocenters. The third kappa shape index (κ3) is 31.5. The van der Waals surface area contributed by atoms with Gasteiger partial charge in [0.15, 0.2) is 18.0 Å².